The molecule has 2 N–H and O–H groups in total. The third kappa shape index (κ3) is 4.33. The largest absolute Gasteiger partial charge is 0.489 e. The van der Waals surface area contributed by atoms with E-state index in [0.717, 1.165) is 18.2 Å². The Kier molecular flexibility index (Phi) is 5.01. The van der Waals surface area contributed by atoms with Gasteiger partial charge in [0.2, 0.25) is 5.95 Å². The van der Waals surface area contributed by atoms with E-state index < -0.39 is 17.3 Å². The predicted octanol–water partition coefficient (Wildman–Crippen LogP) is 5.13. The summed E-state index contributed by atoms with van der Waals surface area (Å²) in [4.78, 5) is 18.7. The summed E-state index contributed by atoms with van der Waals surface area (Å²) in [6.45, 7) is 3.74. The molecule has 1 aromatic heterocycles. The maximum Gasteiger partial charge on any atom is 0.416 e. The Morgan fingerprint density at radius 1 is 1.19 bits per heavy atom. The van der Waals surface area contributed by atoms with Crippen LogP contribution in [0.25, 0.3) is 10.9 Å². The standard InChI is InChI=1S/C18H15ClF3N3O2/c1-9(2)27-15-6-4-11(8-13(15)19)23-17-24-14-5-3-10(18(20,21)22)7-12(14)16(26)25-17/h3-9H,1-2H3,(H2,23,24,25,26). The molecular formula is C18H15ClF3N3O2. The fraction of sp³-hybridized carbons (Fsp3) is 0.222. The van der Waals surface area contributed by atoms with Gasteiger partial charge in [-0.3, -0.25) is 9.78 Å². The number of rotatable bonds is 4. The molecule has 0 radical (unpaired) electrons. The zero-order valence-electron chi connectivity index (χ0n) is 14.3. The van der Waals surface area contributed by atoms with Crippen molar-refractivity contribution in [1.82, 2.24) is 9.97 Å². The van der Waals surface area contributed by atoms with Gasteiger partial charge in [0.05, 0.1) is 27.6 Å². The predicted molar refractivity (Wildman–Crippen MR) is 97.9 cm³/mol. The highest BCUT2D eigenvalue weighted by Crippen LogP contribution is 2.31. The van der Waals surface area contributed by atoms with Crippen LogP contribution < -0.4 is 15.6 Å². The summed E-state index contributed by atoms with van der Waals surface area (Å²) in [6.07, 6.45) is -4.57. The summed E-state index contributed by atoms with van der Waals surface area (Å²) < 4.78 is 43.9. The first-order chi connectivity index (χ1) is 12.6. The molecule has 0 aliphatic rings. The van der Waals surface area contributed by atoms with Crippen molar-refractivity contribution in [3.05, 3.63) is 57.3 Å². The molecule has 27 heavy (non-hydrogen) atoms. The number of hydrogen-bond acceptors (Lipinski definition) is 4. The molecule has 2 aromatic carbocycles. The van der Waals surface area contributed by atoms with E-state index in [1.165, 1.54) is 0 Å². The summed E-state index contributed by atoms with van der Waals surface area (Å²) in [7, 11) is 0. The number of aromatic nitrogens is 2. The van der Waals surface area contributed by atoms with Crippen LogP contribution in [0.2, 0.25) is 5.02 Å². The molecule has 0 amide bonds. The minimum absolute atomic E-state index is 0.0404. The van der Waals surface area contributed by atoms with Crippen molar-refractivity contribution in [1.29, 1.82) is 0 Å². The lowest BCUT2D eigenvalue weighted by atomic mass is 10.1. The minimum Gasteiger partial charge on any atom is -0.489 e. The van der Waals surface area contributed by atoms with Gasteiger partial charge in [0.15, 0.2) is 0 Å². The lowest BCUT2D eigenvalue weighted by Crippen LogP contribution is -2.13. The molecule has 142 valence electrons. The number of H-pyrrole nitrogens is 1. The number of aromatic amines is 1. The van der Waals surface area contributed by atoms with Crippen LogP contribution in [-0.4, -0.2) is 16.1 Å². The van der Waals surface area contributed by atoms with Crippen molar-refractivity contribution in [2.75, 3.05) is 5.32 Å². The number of fused-ring (bicyclic) bond motifs is 1. The van der Waals surface area contributed by atoms with Crippen LogP contribution in [0, 0.1) is 0 Å². The Morgan fingerprint density at radius 3 is 2.56 bits per heavy atom. The SMILES string of the molecule is CC(C)Oc1ccc(Nc2nc3ccc(C(F)(F)F)cc3c(=O)[nH]2)cc1Cl. The zero-order valence-corrected chi connectivity index (χ0v) is 15.1. The van der Waals surface area contributed by atoms with Crippen LogP contribution in [0.15, 0.2) is 41.2 Å². The van der Waals surface area contributed by atoms with Gasteiger partial charge in [-0.15, -0.1) is 0 Å². The summed E-state index contributed by atoms with van der Waals surface area (Å²) >= 11 is 6.16. The second-order valence-electron chi connectivity index (χ2n) is 6.08. The zero-order chi connectivity index (χ0) is 19.8. The van der Waals surface area contributed by atoms with E-state index in [-0.39, 0.29) is 23.0 Å². The molecule has 3 rings (SSSR count). The molecule has 0 bridgehead atoms. The molecule has 0 aliphatic heterocycles. The normalized spacial score (nSPS) is 11.8. The summed E-state index contributed by atoms with van der Waals surface area (Å²) in [5.41, 5.74) is -0.916. The van der Waals surface area contributed by atoms with Gasteiger partial charge in [-0.2, -0.15) is 13.2 Å². The van der Waals surface area contributed by atoms with Crippen molar-refractivity contribution in [2.24, 2.45) is 0 Å². The van der Waals surface area contributed by atoms with Gasteiger partial charge in [0.25, 0.3) is 5.56 Å². The molecule has 0 atom stereocenters. The Morgan fingerprint density at radius 2 is 1.93 bits per heavy atom. The Labute approximate surface area is 157 Å². The lowest BCUT2D eigenvalue weighted by Gasteiger charge is -2.13. The first-order valence-corrected chi connectivity index (χ1v) is 8.36. The van der Waals surface area contributed by atoms with Gasteiger partial charge in [-0.05, 0) is 50.2 Å². The van der Waals surface area contributed by atoms with E-state index in [0.29, 0.717) is 16.5 Å². The lowest BCUT2D eigenvalue weighted by molar-refractivity contribution is -0.137. The molecule has 3 aromatic rings. The molecule has 1 heterocycles. The maximum absolute atomic E-state index is 12.8. The fourth-order valence-electron chi connectivity index (χ4n) is 2.44. The van der Waals surface area contributed by atoms with Crippen LogP contribution in [0.3, 0.4) is 0 Å². The average molecular weight is 398 g/mol. The summed E-state index contributed by atoms with van der Waals surface area (Å²) in [6, 6.07) is 7.76. The highest BCUT2D eigenvalue weighted by atomic mass is 35.5. The number of nitrogens with zero attached hydrogens (tertiary/aromatic N) is 1. The number of anilines is 2. The Bertz CT molecular complexity index is 1050. The van der Waals surface area contributed by atoms with E-state index in [1.54, 1.807) is 18.2 Å². The molecule has 0 unspecified atom stereocenters. The maximum atomic E-state index is 12.8. The van der Waals surface area contributed by atoms with Crippen LogP contribution in [0.1, 0.15) is 19.4 Å². The molecular weight excluding hydrogens is 383 g/mol. The number of nitrogens with one attached hydrogen (secondary N) is 2. The van der Waals surface area contributed by atoms with Crippen molar-refractivity contribution in [3.63, 3.8) is 0 Å². The highest BCUT2D eigenvalue weighted by molar-refractivity contribution is 6.32. The second kappa shape index (κ2) is 7.11. The average Bonchev–Trinajstić information content (AvgIpc) is 2.56. The van der Waals surface area contributed by atoms with Crippen LogP contribution in [-0.2, 0) is 6.18 Å². The monoisotopic (exact) mass is 397 g/mol. The number of alkyl halides is 3. The molecule has 0 saturated carbocycles. The van der Waals surface area contributed by atoms with E-state index >= 15 is 0 Å². The Hall–Kier alpha value is -2.74. The third-order valence-corrected chi connectivity index (χ3v) is 3.89. The topological polar surface area (TPSA) is 67.0 Å². The number of halogens is 4. The number of benzene rings is 2. The Balaban J connectivity index is 1.92. The van der Waals surface area contributed by atoms with Crippen LogP contribution in [0.4, 0.5) is 24.8 Å². The van der Waals surface area contributed by atoms with Crippen molar-refractivity contribution in [2.45, 2.75) is 26.1 Å². The third-order valence-electron chi connectivity index (χ3n) is 3.59. The van der Waals surface area contributed by atoms with E-state index in [1.807, 2.05) is 13.8 Å². The highest BCUT2D eigenvalue weighted by Gasteiger charge is 2.30. The summed E-state index contributed by atoms with van der Waals surface area (Å²) in [5.74, 6) is 0.595. The van der Waals surface area contributed by atoms with Crippen LogP contribution >= 0.6 is 11.6 Å². The number of hydrogen-bond donors (Lipinski definition) is 2. The van der Waals surface area contributed by atoms with Gasteiger partial charge >= 0.3 is 6.18 Å². The molecule has 0 aliphatic carbocycles. The van der Waals surface area contributed by atoms with Crippen molar-refractivity contribution in [3.8, 4) is 5.75 Å². The first-order valence-electron chi connectivity index (χ1n) is 7.98. The smallest absolute Gasteiger partial charge is 0.416 e. The first kappa shape index (κ1) is 19.0. The van der Waals surface area contributed by atoms with E-state index in [2.05, 4.69) is 15.3 Å². The minimum atomic E-state index is -4.53. The quantitative estimate of drug-likeness (QED) is 0.640. The van der Waals surface area contributed by atoms with Crippen molar-refractivity contribution >= 4 is 34.1 Å². The van der Waals surface area contributed by atoms with Crippen molar-refractivity contribution < 1.29 is 17.9 Å². The van der Waals surface area contributed by atoms with E-state index in [4.69, 9.17) is 16.3 Å². The van der Waals surface area contributed by atoms with Gasteiger partial charge in [-0.1, -0.05) is 11.6 Å². The molecule has 0 fully saturated rings. The van der Waals surface area contributed by atoms with Crippen LogP contribution in [0.5, 0.6) is 5.75 Å². The van der Waals surface area contributed by atoms with Gasteiger partial charge in [-0.25, -0.2) is 4.98 Å². The molecule has 0 saturated heterocycles. The van der Waals surface area contributed by atoms with Gasteiger partial charge < -0.3 is 10.1 Å². The van der Waals surface area contributed by atoms with Gasteiger partial charge in [0.1, 0.15) is 5.75 Å². The second-order valence-corrected chi connectivity index (χ2v) is 6.49. The number of ether oxygens (including phenoxy) is 1. The van der Waals surface area contributed by atoms with E-state index in [9.17, 15) is 18.0 Å². The molecule has 5 nitrogen and oxygen atoms in total. The molecule has 0 spiro atoms. The molecule has 9 heteroatoms. The van der Waals surface area contributed by atoms with Gasteiger partial charge in [0, 0.05) is 5.69 Å². The summed E-state index contributed by atoms with van der Waals surface area (Å²) in [5, 5.41) is 3.10. The fourth-order valence-corrected chi connectivity index (χ4v) is 2.66.